The largest absolute Gasteiger partial charge is 0.376 e. The first kappa shape index (κ1) is 23.9. The Kier molecular flexibility index (Phi) is 7.19. The highest BCUT2D eigenvalue weighted by Crippen LogP contribution is 2.32. The van der Waals surface area contributed by atoms with Gasteiger partial charge in [-0.2, -0.15) is 0 Å². The molecule has 1 amide bonds. The highest BCUT2D eigenvalue weighted by Gasteiger charge is 2.35. The number of hydrogen-bond acceptors (Lipinski definition) is 5. The first-order valence-corrected chi connectivity index (χ1v) is 13.3. The molecule has 0 N–H and O–H groups in total. The lowest BCUT2D eigenvalue weighted by Crippen LogP contribution is -2.36. The molecule has 4 rings (SSSR count). The van der Waals surface area contributed by atoms with Crippen molar-refractivity contribution in [3.05, 3.63) is 47.5 Å². The molecule has 7 nitrogen and oxygen atoms in total. The molecule has 2 fully saturated rings. The fraction of sp³-hybridized carbons (Fsp3) is 0.583. The zero-order valence-corrected chi connectivity index (χ0v) is 20.1. The Bertz CT molecular complexity index is 1070. The summed E-state index contributed by atoms with van der Waals surface area (Å²) in [6.45, 7) is 6.09. The number of sulfone groups is 1. The summed E-state index contributed by atoms with van der Waals surface area (Å²) in [6, 6.07) is 5.45. The minimum absolute atomic E-state index is 0.0271. The van der Waals surface area contributed by atoms with Crippen LogP contribution < -0.4 is 0 Å². The van der Waals surface area contributed by atoms with Crippen LogP contribution in [0.2, 0.25) is 0 Å². The van der Waals surface area contributed by atoms with Crippen molar-refractivity contribution < 1.29 is 22.3 Å². The van der Waals surface area contributed by atoms with Crippen LogP contribution in [0.4, 0.5) is 4.39 Å². The Hall–Kier alpha value is -2.26. The van der Waals surface area contributed by atoms with Crippen LogP contribution in [0.3, 0.4) is 0 Å². The molecule has 0 radical (unpaired) electrons. The van der Waals surface area contributed by atoms with Crippen molar-refractivity contribution in [3.8, 4) is 0 Å². The van der Waals surface area contributed by atoms with Crippen molar-refractivity contribution in [3.63, 3.8) is 0 Å². The van der Waals surface area contributed by atoms with Gasteiger partial charge in [0.2, 0.25) is 20.9 Å². The number of ether oxygens (including phenoxy) is 1. The fourth-order valence-electron chi connectivity index (χ4n) is 4.28. The van der Waals surface area contributed by atoms with Crippen LogP contribution in [0, 0.1) is 17.7 Å². The normalized spacial score (nSPS) is 18.7. The molecule has 0 spiro atoms. The molecule has 1 aliphatic heterocycles. The molecule has 1 aromatic heterocycles. The van der Waals surface area contributed by atoms with E-state index in [1.807, 2.05) is 4.90 Å². The molecule has 0 bridgehead atoms. The highest BCUT2D eigenvalue weighted by molar-refractivity contribution is 7.90. The highest BCUT2D eigenvalue weighted by atomic mass is 32.2. The van der Waals surface area contributed by atoms with Gasteiger partial charge in [-0.1, -0.05) is 26.0 Å². The maximum absolute atomic E-state index is 13.3. The Labute approximate surface area is 194 Å². The summed E-state index contributed by atoms with van der Waals surface area (Å²) in [5.41, 5.74) is 1.19. The second kappa shape index (κ2) is 9.93. The second-order valence-corrected chi connectivity index (χ2v) is 11.4. The van der Waals surface area contributed by atoms with Crippen molar-refractivity contribution in [1.82, 2.24) is 14.5 Å². The molecular weight excluding hydrogens is 445 g/mol. The average molecular weight is 478 g/mol. The molecule has 9 heteroatoms. The van der Waals surface area contributed by atoms with Gasteiger partial charge in [0.25, 0.3) is 0 Å². The third-order valence-electron chi connectivity index (χ3n) is 6.04. The van der Waals surface area contributed by atoms with Gasteiger partial charge < -0.3 is 14.2 Å². The van der Waals surface area contributed by atoms with Crippen LogP contribution >= 0.6 is 0 Å². The molecule has 33 heavy (non-hydrogen) atoms. The number of halogens is 1. The molecule has 1 aromatic carbocycles. The monoisotopic (exact) mass is 477 g/mol. The van der Waals surface area contributed by atoms with Crippen molar-refractivity contribution in [2.45, 2.75) is 69.6 Å². The van der Waals surface area contributed by atoms with Crippen molar-refractivity contribution >= 4 is 15.7 Å². The molecule has 1 saturated carbocycles. The van der Waals surface area contributed by atoms with Crippen molar-refractivity contribution in [2.24, 2.45) is 11.8 Å². The number of amides is 1. The maximum Gasteiger partial charge on any atom is 0.228 e. The van der Waals surface area contributed by atoms with E-state index in [2.05, 4.69) is 18.8 Å². The molecule has 1 aliphatic carbocycles. The zero-order valence-electron chi connectivity index (χ0n) is 19.2. The number of carbonyl (C=O) groups excluding carboxylic acids is 1. The summed E-state index contributed by atoms with van der Waals surface area (Å²) >= 11 is 0. The van der Waals surface area contributed by atoms with E-state index in [0.29, 0.717) is 43.4 Å². The van der Waals surface area contributed by atoms with Gasteiger partial charge in [0.1, 0.15) is 5.82 Å². The lowest BCUT2D eigenvalue weighted by Gasteiger charge is -2.26. The number of benzene rings is 1. The van der Waals surface area contributed by atoms with Crippen LogP contribution in [0.5, 0.6) is 0 Å². The van der Waals surface area contributed by atoms with Gasteiger partial charge in [0, 0.05) is 19.1 Å². The van der Waals surface area contributed by atoms with Gasteiger partial charge >= 0.3 is 0 Å². The predicted octanol–water partition coefficient (Wildman–Crippen LogP) is 3.57. The predicted molar refractivity (Wildman–Crippen MR) is 121 cm³/mol. The summed E-state index contributed by atoms with van der Waals surface area (Å²) < 4.78 is 47.4. The van der Waals surface area contributed by atoms with E-state index in [1.165, 1.54) is 24.3 Å². The molecular formula is C24H32FN3O4S. The van der Waals surface area contributed by atoms with E-state index >= 15 is 0 Å². The number of rotatable bonds is 10. The summed E-state index contributed by atoms with van der Waals surface area (Å²) in [4.78, 5) is 19.0. The first-order valence-electron chi connectivity index (χ1n) is 11.6. The van der Waals surface area contributed by atoms with Gasteiger partial charge in [-0.15, -0.1) is 0 Å². The molecule has 1 saturated heterocycles. The number of aromatic nitrogens is 2. The molecule has 1 atom stereocenters. The van der Waals surface area contributed by atoms with E-state index in [9.17, 15) is 17.6 Å². The lowest BCUT2D eigenvalue weighted by molar-refractivity contribution is -0.133. The standard InChI is InChI=1S/C24H32FN3O4S/c1-17(2)13-27(23(29)19-7-8-19)14-21-12-26-24(28(21)15-22-4-3-11-32-22)33(30,31)16-18-5-9-20(25)10-6-18/h5-6,9-10,12,17,19,22H,3-4,7-8,11,13-16H2,1-2H3/t22-/m1/s1. The number of nitrogens with zero attached hydrogens (tertiary/aromatic N) is 3. The average Bonchev–Trinajstić information content (AvgIpc) is 3.34. The number of imidazole rings is 1. The van der Waals surface area contributed by atoms with Crippen LogP contribution in [0.25, 0.3) is 0 Å². The first-order chi connectivity index (χ1) is 15.7. The molecule has 2 heterocycles. The van der Waals surface area contributed by atoms with Crippen LogP contribution in [0.1, 0.15) is 50.8 Å². The quantitative estimate of drug-likeness (QED) is 0.523. The molecule has 2 aromatic rings. The minimum Gasteiger partial charge on any atom is -0.376 e. The summed E-state index contributed by atoms with van der Waals surface area (Å²) in [5, 5.41) is -0.0271. The number of hydrogen-bond donors (Lipinski definition) is 0. The molecule has 2 aliphatic rings. The minimum atomic E-state index is -3.79. The summed E-state index contributed by atoms with van der Waals surface area (Å²) in [7, 11) is -3.79. The second-order valence-electron chi connectivity index (χ2n) is 9.55. The Morgan fingerprint density at radius 3 is 2.58 bits per heavy atom. The lowest BCUT2D eigenvalue weighted by atomic mass is 10.2. The summed E-state index contributed by atoms with van der Waals surface area (Å²) in [6.07, 6.45) is 5.10. The van der Waals surface area contributed by atoms with Crippen LogP contribution in [-0.2, 0) is 38.2 Å². The zero-order chi connectivity index (χ0) is 23.6. The fourth-order valence-corrected chi connectivity index (χ4v) is 5.78. The van der Waals surface area contributed by atoms with Gasteiger partial charge in [0.05, 0.1) is 36.8 Å². The third kappa shape index (κ3) is 6.00. The van der Waals surface area contributed by atoms with Crippen molar-refractivity contribution in [1.29, 1.82) is 0 Å². The molecule has 180 valence electrons. The Balaban J connectivity index is 1.63. The smallest absolute Gasteiger partial charge is 0.228 e. The summed E-state index contributed by atoms with van der Waals surface area (Å²) in [5.74, 6) is -0.177. The SMILES string of the molecule is CC(C)CN(Cc1cnc(S(=O)(=O)Cc2ccc(F)cc2)n1C[C@H]1CCCO1)C(=O)C1CC1. The van der Waals surface area contributed by atoms with Crippen molar-refractivity contribution in [2.75, 3.05) is 13.2 Å². The maximum atomic E-state index is 13.3. The number of carbonyl (C=O) groups is 1. The van der Waals surface area contributed by atoms with Gasteiger partial charge in [0.15, 0.2) is 0 Å². The van der Waals surface area contributed by atoms with E-state index < -0.39 is 15.7 Å². The molecule has 0 unspecified atom stereocenters. The van der Waals surface area contributed by atoms with Gasteiger partial charge in [-0.05, 0) is 49.3 Å². The van der Waals surface area contributed by atoms with Crippen LogP contribution in [-0.4, -0.2) is 48.0 Å². The van der Waals surface area contributed by atoms with Crippen LogP contribution in [0.15, 0.2) is 35.6 Å². The van der Waals surface area contributed by atoms with E-state index in [1.54, 1.807) is 10.8 Å². The van der Waals surface area contributed by atoms with Gasteiger partial charge in [-0.25, -0.2) is 17.8 Å². The van der Waals surface area contributed by atoms with Gasteiger partial charge in [-0.3, -0.25) is 4.79 Å². The van der Waals surface area contributed by atoms with E-state index in [0.717, 1.165) is 25.7 Å². The van der Waals surface area contributed by atoms with E-state index in [4.69, 9.17) is 4.74 Å². The third-order valence-corrected chi connectivity index (χ3v) is 7.63. The Morgan fingerprint density at radius 1 is 1.24 bits per heavy atom. The Morgan fingerprint density at radius 2 is 1.97 bits per heavy atom. The topological polar surface area (TPSA) is 81.5 Å². The van der Waals surface area contributed by atoms with E-state index in [-0.39, 0.29) is 28.8 Å².